The highest BCUT2D eigenvalue weighted by Gasteiger charge is 2.38. The number of nitrogens with zero attached hydrogens (tertiary/aromatic N) is 3. The lowest BCUT2D eigenvalue weighted by Crippen LogP contribution is -2.49. The van der Waals surface area contributed by atoms with Crippen molar-refractivity contribution in [1.82, 2.24) is 9.29 Å². The molecule has 1 aliphatic heterocycles. The molecule has 1 aromatic rings. The Morgan fingerprint density at radius 2 is 2.30 bits per heavy atom. The molecule has 0 bridgehead atoms. The molecule has 0 saturated carbocycles. The minimum Gasteiger partial charge on any atom is -0.377 e. The van der Waals surface area contributed by atoms with Gasteiger partial charge in [0, 0.05) is 26.4 Å². The second-order valence-corrected chi connectivity index (χ2v) is 6.96. The number of piperidine rings is 1. The number of methoxy groups -OCH3 is 1. The van der Waals surface area contributed by atoms with Gasteiger partial charge in [0.1, 0.15) is 11.0 Å². The Morgan fingerprint density at radius 1 is 1.55 bits per heavy atom. The number of sulfonamides is 1. The minimum atomic E-state index is -3.72. The van der Waals surface area contributed by atoms with Crippen molar-refractivity contribution in [3.63, 3.8) is 0 Å². The van der Waals surface area contributed by atoms with E-state index in [4.69, 9.17) is 10.00 Å². The first-order chi connectivity index (χ1) is 9.43. The summed E-state index contributed by atoms with van der Waals surface area (Å²) in [5.41, 5.74) is -0.558. The van der Waals surface area contributed by atoms with Crippen LogP contribution in [-0.2, 0) is 14.8 Å². The number of pyridine rings is 1. The van der Waals surface area contributed by atoms with Crippen molar-refractivity contribution in [2.24, 2.45) is 0 Å². The first kappa shape index (κ1) is 14.9. The van der Waals surface area contributed by atoms with Crippen LogP contribution in [0.1, 0.15) is 25.5 Å². The summed E-state index contributed by atoms with van der Waals surface area (Å²) in [6, 6.07) is 4.76. The van der Waals surface area contributed by atoms with E-state index in [0.29, 0.717) is 6.54 Å². The Bertz CT molecular complexity index is 639. The number of aromatic nitrogens is 1. The van der Waals surface area contributed by atoms with Crippen LogP contribution in [0.5, 0.6) is 0 Å². The molecule has 2 heterocycles. The molecule has 1 atom stereocenters. The molecule has 0 amide bonds. The van der Waals surface area contributed by atoms with Crippen LogP contribution in [0.3, 0.4) is 0 Å². The Kier molecular flexibility index (Phi) is 4.09. The summed E-state index contributed by atoms with van der Waals surface area (Å²) in [4.78, 5) is 3.78. The predicted octanol–water partition coefficient (Wildman–Crippen LogP) is 1.14. The molecule has 2 rings (SSSR count). The van der Waals surface area contributed by atoms with Crippen LogP contribution < -0.4 is 0 Å². The van der Waals surface area contributed by atoms with Crippen LogP contribution in [0.15, 0.2) is 23.2 Å². The fourth-order valence-electron chi connectivity index (χ4n) is 2.35. The van der Waals surface area contributed by atoms with Crippen molar-refractivity contribution < 1.29 is 13.2 Å². The fourth-order valence-corrected chi connectivity index (χ4v) is 4.04. The lowest BCUT2D eigenvalue weighted by molar-refractivity contribution is -0.0319. The van der Waals surface area contributed by atoms with Crippen LogP contribution in [0.2, 0.25) is 0 Å². The van der Waals surface area contributed by atoms with E-state index in [1.54, 1.807) is 7.11 Å². The highest BCUT2D eigenvalue weighted by Crippen LogP contribution is 2.28. The molecule has 1 aliphatic rings. The van der Waals surface area contributed by atoms with Gasteiger partial charge in [-0.2, -0.15) is 9.57 Å². The quantitative estimate of drug-likeness (QED) is 0.835. The normalized spacial score (nSPS) is 24.2. The average Bonchev–Trinajstić information content (AvgIpc) is 2.47. The third kappa shape index (κ3) is 2.68. The SMILES string of the molecule is COC1(C)CCCN(S(=O)(=O)c2cccnc2C#N)C1. The Balaban J connectivity index is 2.38. The van der Waals surface area contributed by atoms with Crippen molar-refractivity contribution in [3.8, 4) is 6.07 Å². The van der Waals surface area contributed by atoms with E-state index in [0.717, 1.165) is 12.8 Å². The first-order valence-corrected chi connectivity index (χ1v) is 7.77. The van der Waals surface area contributed by atoms with Crippen LogP contribution in [0, 0.1) is 11.3 Å². The van der Waals surface area contributed by atoms with Crippen molar-refractivity contribution in [1.29, 1.82) is 5.26 Å². The maximum absolute atomic E-state index is 12.6. The molecule has 108 valence electrons. The molecule has 1 fully saturated rings. The molecule has 6 nitrogen and oxygen atoms in total. The standard InChI is InChI=1S/C13H17N3O3S/c1-13(19-2)6-4-8-16(10-13)20(17,18)12-5-3-7-15-11(12)9-14/h3,5,7H,4,6,8,10H2,1-2H3. The lowest BCUT2D eigenvalue weighted by atomic mass is 9.96. The third-order valence-electron chi connectivity index (χ3n) is 3.61. The van der Waals surface area contributed by atoms with Crippen LogP contribution in [0.4, 0.5) is 0 Å². The zero-order valence-electron chi connectivity index (χ0n) is 11.5. The average molecular weight is 295 g/mol. The summed E-state index contributed by atoms with van der Waals surface area (Å²) in [6.45, 7) is 2.61. The number of hydrogen-bond donors (Lipinski definition) is 0. The van der Waals surface area contributed by atoms with E-state index in [1.807, 2.05) is 13.0 Å². The molecule has 1 saturated heterocycles. The summed E-state index contributed by atoms with van der Waals surface area (Å²) >= 11 is 0. The van der Waals surface area contributed by atoms with Gasteiger partial charge in [0.15, 0.2) is 5.69 Å². The molecular weight excluding hydrogens is 278 g/mol. The number of nitriles is 1. The lowest BCUT2D eigenvalue weighted by Gasteiger charge is -2.38. The van der Waals surface area contributed by atoms with E-state index in [2.05, 4.69) is 4.98 Å². The third-order valence-corrected chi connectivity index (χ3v) is 5.49. The molecule has 0 radical (unpaired) electrons. The zero-order chi connectivity index (χ0) is 14.8. The zero-order valence-corrected chi connectivity index (χ0v) is 12.4. The largest absolute Gasteiger partial charge is 0.377 e. The number of rotatable bonds is 3. The molecule has 7 heteroatoms. The van der Waals surface area contributed by atoms with E-state index >= 15 is 0 Å². The molecule has 1 aromatic heterocycles. The Hall–Kier alpha value is -1.49. The fraction of sp³-hybridized carbons (Fsp3) is 0.538. The second kappa shape index (κ2) is 5.48. The number of hydrogen-bond acceptors (Lipinski definition) is 5. The van der Waals surface area contributed by atoms with Crippen LogP contribution in [-0.4, -0.2) is 43.5 Å². The summed E-state index contributed by atoms with van der Waals surface area (Å²) in [5.74, 6) is 0. The van der Waals surface area contributed by atoms with Gasteiger partial charge in [-0.25, -0.2) is 13.4 Å². The van der Waals surface area contributed by atoms with E-state index in [9.17, 15) is 8.42 Å². The monoisotopic (exact) mass is 295 g/mol. The minimum absolute atomic E-state index is 0.0390. The summed E-state index contributed by atoms with van der Waals surface area (Å²) in [6.07, 6.45) is 2.95. The van der Waals surface area contributed by atoms with Crippen molar-refractivity contribution in [2.45, 2.75) is 30.3 Å². The topological polar surface area (TPSA) is 83.3 Å². The van der Waals surface area contributed by atoms with Gasteiger partial charge in [-0.3, -0.25) is 0 Å². The molecule has 20 heavy (non-hydrogen) atoms. The van der Waals surface area contributed by atoms with Crippen LogP contribution >= 0.6 is 0 Å². The molecule has 1 unspecified atom stereocenters. The first-order valence-electron chi connectivity index (χ1n) is 6.33. The smallest absolute Gasteiger partial charge is 0.246 e. The predicted molar refractivity (Wildman–Crippen MR) is 72.4 cm³/mol. The van der Waals surface area contributed by atoms with Gasteiger partial charge < -0.3 is 4.74 Å². The van der Waals surface area contributed by atoms with E-state index in [-0.39, 0.29) is 17.1 Å². The second-order valence-electron chi connectivity index (χ2n) is 5.06. The summed E-state index contributed by atoms with van der Waals surface area (Å²) in [5, 5.41) is 9.01. The molecule has 0 aromatic carbocycles. The van der Waals surface area contributed by atoms with E-state index < -0.39 is 15.6 Å². The molecule has 0 aliphatic carbocycles. The van der Waals surface area contributed by atoms with Gasteiger partial charge in [-0.1, -0.05) is 0 Å². The molecule has 0 spiro atoms. The highest BCUT2D eigenvalue weighted by atomic mass is 32.2. The maximum atomic E-state index is 12.6. The van der Waals surface area contributed by atoms with Gasteiger partial charge in [0.05, 0.1) is 5.60 Å². The van der Waals surface area contributed by atoms with Gasteiger partial charge in [-0.05, 0) is 31.9 Å². The van der Waals surface area contributed by atoms with E-state index in [1.165, 1.54) is 22.6 Å². The van der Waals surface area contributed by atoms with Crippen molar-refractivity contribution in [2.75, 3.05) is 20.2 Å². The van der Waals surface area contributed by atoms with Gasteiger partial charge in [0.2, 0.25) is 10.0 Å². The maximum Gasteiger partial charge on any atom is 0.246 e. The summed E-state index contributed by atoms with van der Waals surface area (Å²) < 4.78 is 32.1. The highest BCUT2D eigenvalue weighted by molar-refractivity contribution is 7.89. The number of ether oxygens (including phenoxy) is 1. The molecular formula is C13H17N3O3S. The van der Waals surface area contributed by atoms with Gasteiger partial charge in [0.25, 0.3) is 0 Å². The van der Waals surface area contributed by atoms with Crippen LogP contribution in [0.25, 0.3) is 0 Å². The Morgan fingerprint density at radius 3 is 2.95 bits per heavy atom. The van der Waals surface area contributed by atoms with Crippen molar-refractivity contribution >= 4 is 10.0 Å². The Labute approximate surface area is 119 Å². The van der Waals surface area contributed by atoms with Crippen molar-refractivity contribution in [3.05, 3.63) is 24.0 Å². The van der Waals surface area contributed by atoms with Gasteiger partial charge >= 0.3 is 0 Å². The van der Waals surface area contributed by atoms with Gasteiger partial charge in [-0.15, -0.1) is 0 Å². The molecule has 0 N–H and O–H groups in total. The summed E-state index contributed by atoms with van der Waals surface area (Å²) in [7, 11) is -2.13.